The predicted octanol–water partition coefficient (Wildman–Crippen LogP) is 1.98. The van der Waals surface area contributed by atoms with Gasteiger partial charge in [0.1, 0.15) is 17.1 Å². The number of ether oxygens (including phenoxy) is 1. The van der Waals surface area contributed by atoms with E-state index >= 15 is 0 Å². The predicted molar refractivity (Wildman–Crippen MR) is 65.9 cm³/mol. The largest absolute Gasteiger partial charge is 0.494 e. The van der Waals surface area contributed by atoms with Gasteiger partial charge in [0, 0.05) is 14.1 Å². The number of benzene rings is 1. The first-order valence-corrected chi connectivity index (χ1v) is 5.50. The van der Waals surface area contributed by atoms with Gasteiger partial charge in [0.15, 0.2) is 0 Å². The molecule has 2 rings (SSSR count). The van der Waals surface area contributed by atoms with E-state index in [2.05, 4.69) is 4.98 Å². The number of para-hydroxylation sites is 1. The summed E-state index contributed by atoms with van der Waals surface area (Å²) in [6, 6.07) is 5.84. The van der Waals surface area contributed by atoms with Gasteiger partial charge in [-0.15, -0.1) is 11.6 Å². The van der Waals surface area contributed by atoms with Gasteiger partial charge >= 0.3 is 0 Å². The zero-order valence-electron chi connectivity index (χ0n) is 9.57. The molecule has 0 fully saturated rings. The smallest absolute Gasteiger partial charge is 0.146 e. The molecule has 86 valence electrons. The van der Waals surface area contributed by atoms with E-state index in [0.717, 1.165) is 22.6 Å². The van der Waals surface area contributed by atoms with Crippen LogP contribution in [0.25, 0.3) is 11.0 Å². The zero-order chi connectivity index (χ0) is 11.7. The Balaban J connectivity index is 2.77. The number of halogens is 1. The molecule has 16 heavy (non-hydrogen) atoms. The van der Waals surface area contributed by atoms with Crippen LogP contribution < -0.4 is 9.75 Å². The molecule has 4 nitrogen and oxygen atoms in total. The third-order valence-electron chi connectivity index (χ3n) is 2.43. The first-order chi connectivity index (χ1) is 7.69. The monoisotopic (exact) mass is 239 g/mol. The van der Waals surface area contributed by atoms with Crippen molar-refractivity contribution >= 4 is 22.6 Å². The molecule has 1 heterocycles. The van der Waals surface area contributed by atoms with Crippen LogP contribution in [0.3, 0.4) is 0 Å². The van der Waals surface area contributed by atoms with E-state index < -0.39 is 0 Å². The van der Waals surface area contributed by atoms with E-state index in [1.54, 1.807) is 7.11 Å². The molecule has 0 amide bonds. The molecule has 0 spiro atoms. The highest BCUT2D eigenvalue weighted by molar-refractivity contribution is 6.16. The molecule has 2 aromatic rings. The lowest BCUT2D eigenvalue weighted by Crippen LogP contribution is -2.26. The van der Waals surface area contributed by atoms with Gasteiger partial charge in [0.2, 0.25) is 0 Å². The van der Waals surface area contributed by atoms with E-state index in [1.807, 2.05) is 42.0 Å². The lowest BCUT2D eigenvalue weighted by atomic mass is 10.3. The van der Waals surface area contributed by atoms with Crippen LogP contribution >= 0.6 is 11.6 Å². The average Bonchev–Trinajstić information content (AvgIpc) is 2.66. The van der Waals surface area contributed by atoms with Crippen molar-refractivity contribution in [3.05, 3.63) is 24.0 Å². The number of imidazole rings is 1. The summed E-state index contributed by atoms with van der Waals surface area (Å²) in [6.07, 6.45) is 0. The van der Waals surface area contributed by atoms with Crippen LogP contribution in [0, 0.1) is 0 Å². The van der Waals surface area contributed by atoms with E-state index in [9.17, 15) is 0 Å². The summed E-state index contributed by atoms with van der Waals surface area (Å²) >= 11 is 5.89. The lowest BCUT2D eigenvalue weighted by Gasteiger charge is -2.17. The molecule has 0 aliphatic rings. The molecule has 0 N–H and O–H groups in total. The molecule has 0 unspecified atom stereocenters. The van der Waals surface area contributed by atoms with Crippen LogP contribution in [0.15, 0.2) is 18.2 Å². The zero-order valence-corrected chi connectivity index (χ0v) is 10.3. The van der Waals surface area contributed by atoms with Crippen molar-refractivity contribution in [3.8, 4) is 5.75 Å². The van der Waals surface area contributed by atoms with Crippen molar-refractivity contribution in [1.82, 2.24) is 9.66 Å². The highest BCUT2D eigenvalue weighted by atomic mass is 35.5. The molecule has 0 bridgehead atoms. The molecular weight excluding hydrogens is 226 g/mol. The maximum absolute atomic E-state index is 5.89. The Morgan fingerprint density at radius 3 is 2.75 bits per heavy atom. The Morgan fingerprint density at radius 1 is 1.44 bits per heavy atom. The van der Waals surface area contributed by atoms with E-state index in [1.165, 1.54) is 0 Å². The maximum Gasteiger partial charge on any atom is 0.146 e. The summed E-state index contributed by atoms with van der Waals surface area (Å²) in [5, 5.41) is 1.95. The Bertz CT molecular complexity index is 507. The Kier molecular flexibility index (Phi) is 2.92. The molecule has 0 radical (unpaired) electrons. The van der Waals surface area contributed by atoms with Crippen molar-refractivity contribution in [2.75, 3.05) is 26.2 Å². The third-order valence-corrected chi connectivity index (χ3v) is 2.67. The number of hydrogen-bond acceptors (Lipinski definition) is 3. The van der Waals surface area contributed by atoms with Gasteiger partial charge in [-0.25, -0.2) is 9.66 Å². The van der Waals surface area contributed by atoms with Crippen LogP contribution in [0.4, 0.5) is 0 Å². The van der Waals surface area contributed by atoms with E-state index in [4.69, 9.17) is 16.3 Å². The van der Waals surface area contributed by atoms with E-state index in [-0.39, 0.29) is 0 Å². The van der Waals surface area contributed by atoms with Crippen molar-refractivity contribution in [1.29, 1.82) is 0 Å². The first kappa shape index (κ1) is 11.1. The molecule has 0 aliphatic carbocycles. The summed E-state index contributed by atoms with van der Waals surface area (Å²) in [4.78, 5) is 4.49. The molecular formula is C11H14ClN3O. The Morgan fingerprint density at radius 2 is 2.19 bits per heavy atom. The fourth-order valence-electron chi connectivity index (χ4n) is 1.81. The van der Waals surface area contributed by atoms with Crippen LogP contribution in [0.1, 0.15) is 5.82 Å². The number of methoxy groups -OCH3 is 1. The Labute approximate surface area is 99.4 Å². The molecule has 0 atom stereocenters. The van der Waals surface area contributed by atoms with Gasteiger partial charge in [0.05, 0.1) is 18.5 Å². The van der Waals surface area contributed by atoms with Crippen molar-refractivity contribution in [2.24, 2.45) is 0 Å². The van der Waals surface area contributed by atoms with Crippen LogP contribution in [0.5, 0.6) is 5.75 Å². The Hall–Kier alpha value is -1.42. The maximum atomic E-state index is 5.89. The minimum absolute atomic E-state index is 0.371. The summed E-state index contributed by atoms with van der Waals surface area (Å²) in [6.45, 7) is 0. The number of nitrogens with zero attached hydrogens (tertiary/aromatic N) is 3. The molecule has 0 saturated heterocycles. The number of fused-ring (bicyclic) bond motifs is 1. The third kappa shape index (κ3) is 1.59. The SMILES string of the molecule is COc1cccc2c1nc(CCl)n2N(C)C. The number of aromatic nitrogens is 2. The van der Waals surface area contributed by atoms with Gasteiger partial charge < -0.3 is 9.75 Å². The van der Waals surface area contributed by atoms with Gasteiger partial charge in [-0.05, 0) is 12.1 Å². The van der Waals surface area contributed by atoms with Gasteiger partial charge in [-0.3, -0.25) is 0 Å². The van der Waals surface area contributed by atoms with Gasteiger partial charge in [0.25, 0.3) is 0 Å². The standard InChI is InChI=1S/C11H14ClN3O/c1-14(2)15-8-5-4-6-9(16-3)11(8)13-10(15)7-12/h4-6H,7H2,1-3H3. The molecule has 0 aliphatic heterocycles. The number of rotatable bonds is 3. The normalized spacial score (nSPS) is 10.8. The van der Waals surface area contributed by atoms with Crippen molar-refractivity contribution in [3.63, 3.8) is 0 Å². The average molecular weight is 240 g/mol. The second kappa shape index (κ2) is 4.22. The fourth-order valence-corrected chi connectivity index (χ4v) is 1.98. The highest BCUT2D eigenvalue weighted by Crippen LogP contribution is 2.26. The summed E-state index contributed by atoms with van der Waals surface area (Å²) in [7, 11) is 5.55. The van der Waals surface area contributed by atoms with E-state index in [0.29, 0.717) is 5.88 Å². The number of alkyl halides is 1. The highest BCUT2D eigenvalue weighted by Gasteiger charge is 2.14. The summed E-state index contributed by atoms with van der Waals surface area (Å²) < 4.78 is 7.26. The topological polar surface area (TPSA) is 30.3 Å². The quantitative estimate of drug-likeness (QED) is 0.768. The minimum Gasteiger partial charge on any atom is -0.494 e. The second-order valence-electron chi connectivity index (χ2n) is 3.65. The minimum atomic E-state index is 0.371. The number of hydrogen-bond donors (Lipinski definition) is 0. The van der Waals surface area contributed by atoms with Crippen molar-refractivity contribution in [2.45, 2.75) is 5.88 Å². The molecule has 1 aromatic heterocycles. The van der Waals surface area contributed by atoms with Crippen LogP contribution in [-0.2, 0) is 5.88 Å². The molecule has 0 saturated carbocycles. The summed E-state index contributed by atoms with van der Waals surface area (Å²) in [5.74, 6) is 1.95. The van der Waals surface area contributed by atoms with Gasteiger partial charge in [-0.2, -0.15) is 0 Å². The fraction of sp³-hybridized carbons (Fsp3) is 0.364. The molecule has 5 heteroatoms. The molecule has 1 aromatic carbocycles. The van der Waals surface area contributed by atoms with Crippen LogP contribution in [-0.4, -0.2) is 30.9 Å². The van der Waals surface area contributed by atoms with Crippen molar-refractivity contribution < 1.29 is 4.74 Å². The first-order valence-electron chi connectivity index (χ1n) is 4.97. The summed E-state index contributed by atoms with van der Waals surface area (Å²) in [5.41, 5.74) is 1.84. The lowest BCUT2D eigenvalue weighted by molar-refractivity contribution is 0.419. The van der Waals surface area contributed by atoms with Crippen LogP contribution in [0.2, 0.25) is 0 Å². The van der Waals surface area contributed by atoms with Gasteiger partial charge in [-0.1, -0.05) is 6.07 Å². The second-order valence-corrected chi connectivity index (χ2v) is 3.92.